The zero-order chi connectivity index (χ0) is 10.4. The van der Waals surface area contributed by atoms with E-state index in [4.69, 9.17) is 14.2 Å². The van der Waals surface area contributed by atoms with Crippen LogP contribution in [0.1, 0.15) is 27.2 Å². The Hall–Kier alpha value is -0.120. The summed E-state index contributed by atoms with van der Waals surface area (Å²) in [6.45, 7) is 10.2. The molecule has 0 bridgehead atoms. The lowest BCUT2D eigenvalue weighted by Crippen LogP contribution is -2.43. The minimum atomic E-state index is 0.260. The quantitative estimate of drug-likeness (QED) is 0.590. The summed E-state index contributed by atoms with van der Waals surface area (Å²) in [7, 11) is 0. The molecule has 1 rings (SSSR count). The Labute approximate surface area is 86.7 Å². The minimum Gasteiger partial charge on any atom is -0.380 e. The van der Waals surface area contributed by atoms with Crippen molar-refractivity contribution in [3.63, 3.8) is 0 Å². The molecule has 14 heavy (non-hydrogen) atoms. The summed E-state index contributed by atoms with van der Waals surface area (Å²) >= 11 is 0. The molecule has 0 spiro atoms. The van der Waals surface area contributed by atoms with E-state index in [0.29, 0.717) is 19.3 Å². The molecule has 3 heteroatoms. The van der Waals surface area contributed by atoms with Gasteiger partial charge < -0.3 is 14.2 Å². The van der Waals surface area contributed by atoms with Crippen LogP contribution in [0.15, 0.2) is 0 Å². The Balaban J connectivity index is 1.89. The predicted molar refractivity (Wildman–Crippen MR) is 55.5 cm³/mol. The van der Waals surface area contributed by atoms with Crippen LogP contribution >= 0.6 is 0 Å². The number of rotatable bonds is 7. The second-order valence-corrected chi connectivity index (χ2v) is 4.45. The maximum atomic E-state index is 5.53. The first-order chi connectivity index (χ1) is 6.66. The lowest BCUT2D eigenvalue weighted by molar-refractivity contribution is -0.141. The number of hydrogen-bond acceptors (Lipinski definition) is 3. The highest BCUT2D eigenvalue weighted by Gasteiger charge is 2.33. The van der Waals surface area contributed by atoms with Gasteiger partial charge in [0.15, 0.2) is 0 Å². The highest BCUT2D eigenvalue weighted by molar-refractivity contribution is 4.79. The van der Waals surface area contributed by atoms with Crippen molar-refractivity contribution in [2.75, 3.05) is 33.0 Å². The predicted octanol–water partition coefficient (Wildman–Crippen LogP) is 1.85. The van der Waals surface area contributed by atoms with Crippen LogP contribution in [0.25, 0.3) is 0 Å². The van der Waals surface area contributed by atoms with E-state index in [0.717, 1.165) is 26.2 Å². The van der Waals surface area contributed by atoms with Gasteiger partial charge in [0.1, 0.15) is 0 Å². The van der Waals surface area contributed by atoms with Crippen molar-refractivity contribution < 1.29 is 14.2 Å². The van der Waals surface area contributed by atoms with E-state index in [2.05, 4.69) is 20.8 Å². The topological polar surface area (TPSA) is 27.7 Å². The second kappa shape index (κ2) is 5.69. The SMILES string of the molecule is CCC(C)OCCOCC1(C)COC1. The van der Waals surface area contributed by atoms with Crippen LogP contribution in [0.3, 0.4) is 0 Å². The van der Waals surface area contributed by atoms with Gasteiger partial charge in [-0.1, -0.05) is 13.8 Å². The van der Waals surface area contributed by atoms with Gasteiger partial charge in [-0.3, -0.25) is 0 Å². The Bertz CT molecular complexity index is 155. The van der Waals surface area contributed by atoms with Gasteiger partial charge in [0, 0.05) is 5.41 Å². The lowest BCUT2D eigenvalue weighted by atomic mass is 9.90. The molecule has 84 valence electrons. The summed E-state index contributed by atoms with van der Waals surface area (Å²) in [5.74, 6) is 0. The molecule has 0 aliphatic carbocycles. The first-order valence-corrected chi connectivity index (χ1v) is 5.43. The maximum absolute atomic E-state index is 5.53. The molecule has 0 radical (unpaired) electrons. The van der Waals surface area contributed by atoms with Crippen molar-refractivity contribution >= 4 is 0 Å². The highest BCUT2D eigenvalue weighted by atomic mass is 16.5. The van der Waals surface area contributed by atoms with E-state index < -0.39 is 0 Å². The lowest BCUT2D eigenvalue weighted by Gasteiger charge is -2.37. The molecule has 0 amide bonds. The van der Waals surface area contributed by atoms with Crippen LogP contribution in [0, 0.1) is 5.41 Å². The number of ether oxygens (including phenoxy) is 3. The molecule has 1 aliphatic heterocycles. The normalized spacial score (nSPS) is 21.6. The van der Waals surface area contributed by atoms with E-state index in [1.165, 1.54) is 0 Å². The van der Waals surface area contributed by atoms with Crippen molar-refractivity contribution in [3.8, 4) is 0 Å². The van der Waals surface area contributed by atoms with Crippen LogP contribution in [0.2, 0.25) is 0 Å². The van der Waals surface area contributed by atoms with Crippen molar-refractivity contribution in [2.24, 2.45) is 5.41 Å². The third-order valence-electron chi connectivity index (χ3n) is 2.56. The molecule has 3 nitrogen and oxygen atoms in total. The molecule has 1 fully saturated rings. The fourth-order valence-electron chi connectivity index (χ4n) is 1.28. The summed E-state index contributed by atoms with van der Waals surface area (Å²) in [6, 6.07) is 0. The third-order valence-corrected chi connectivity index (χ3v) is 2.56. The smallest absolute Gasteiger partial charge is 0.0704 e. The molecule has 1 heterocycles. The maximum Gasteiger partial charge on any atom is 0.0704 e. The monoisotopic (exact) mass is 202 g/mol. The summed E-state index contributed by atoms with van der Waals surface area (Å²) in [5, 5.41) is 0. The average molecular weight is 202 g/mol. The van der Waals surface area contributed by atoms with Gasteiger partial charge in [-0.15, -0.1) is 0 Å². The highest BCUT2D eigenvalue weighted by Crippen LogP contribution is 2.26. The third kappa shape index (κ3) is 3.95. The van der Waals surface area contributed by atoms with Crippen LogP contribution in [-0.2, 0) is 14.2 Å². The Morgan fingerprint density at radius 3 is 2.57 bits per heavy atom. The molecule has 1 atom stereocenters. The van der Waals surface area contributed by atoms with Crippen LogP contribution in [-0.4, -0.2) is 39.1 Å². The van der Waals surface area contributed by atoms with Crippen molar-refractivity contribution in [3.05, 3.63) is 0 Å². The Morgan fingerprint density at radius 2 is 2.07 bits per heavy atom. The van der Waals surface area contributed by atoms with Gasteiger partial charge in [0.05, 0.1) is 39.1 Å². The van der Waals surface area contributed by atoms with Gasteiger partial charge in [0.25, 0.3) is 0 Å². The molecule has 0 aromatic carbocycles. The Kier molecular flexibility index (Phi) is 4.85. The molecule has 0 aromatic rings. The average Bonchev–Trinajstić information content (AvgIpc) is 2.14. The molecule has 1 unspecified atom stereocenters. The fourth-order valence-corrected chi connectivity index (χ4v) is 1.28. The largest absolute Gasteiger partial charge is 0.380 e. The number of hydrogen-bond donors (Lipinski definition) is 0. The van der Waals surface area contributed by atoms with Crippen molar-refractivity contribution in [2.45, 2.75) is 33.3 Å². The fraction of sp³-hybridized carbons (Fsp3) is 1.00. The van der Waals surface area contributed by atoms with Gasteiger partial charge in [-0.25, -0.2) is 0 Å². The van der Waals surface area contributed by atoms with Crippen LogP contribution < -0.4 is 0 Å². The zero-order valence-corrected chi connectivity index (χ0v) is 9.54. The van der Waals surface area contributed by atoms with Gasteiger partial charge >= 0.3 is 0 Å². The van der Waals surface area contributed by atoms with Gasteiger partial charge in [-0.05, 0) is 13.3 Å². The van der Waals surface area contributed by atoms with Crippen LogP contribution in [0.5, 0.6) is 0 Å². The minimum absolute atomic E-state index is 0.260. The molecule has 0 aromatic heterocycles. The van der Waals surface area contributed by atoms with Crippen molar-refractivity contribution in [1.82, 2.24) is 0 Å². The molecule has 0 saturated carbocycles. The second-order valence-electron chi connectivity index (χ2n) is 4.45. The first-order valence-electron chi connectivity index (χ1n) is 5.43. The molecule has 0 N–H and O–H groups in total. The van der Waals surface area contributed by atoms with Gasteiger partial charge in [0.2, 0.25) is 0 Å². The van der Waals surface area contributed by atoms with E-state index in [9.17, 15) is 0 Å². The standard InChI is InChI=1S/C11H22O3/c1-4-10(2)14-6-5-12-7-11(3)8-13-9-11/h10H,4-9H2,1-3H3. The zero-order valence-electron chi connectivity index (χ0n) is 9.54. The van der Waals surface area contributed by atoms with E-state index >= 15 is 0 Å². The molecular formula is C11H22O3. The van der Waals surface area contributed by atoms with Gasteiger partial charge in [-0.2, -0.15) is 0 Å². The Morgan fingerprint density at radius 1 is 1.36 bits per heavy atom. The molecular weight excluding hydrogens is 180 g/mol. The van der Waals surface area contributed by atoms with Crippen molar-refractivity contribution in [1.29, 1.82) is 0 Å². The summed E-state index contributed by atoms with van der Waals surface area (Å²) in [6.07, 6.45) is 1.41. The first kappa shape index (κ1) is 12.0. The van der Waals surface area contributed by atoms with Crippen LogP contribution in [0.4, 0.5) is 0 Å². The molecule has 1 aliphatic rings. The summed E-state index contributed by atoms with van der Waals surface area (Å²) in [4.78, 5) is 0. The van der Waals surface area contributed by atoms with E-state index in [1.807, 2.05) is 0 Å². The molecule has 1 saturated heterocycles. The van der Waals surface area contributed by atoms with E-state index in [-0.39, 0.29) is 5.41 Å². The summed E-state index contributed by atoms with van der Waals surface area (Å²) < 4.78 is 16.2. The van der Waals surface area contributed by atoms with E-state index in [1.54, 1.807) is 0 Å². The summed E-state index contributed by atoms with van der Waals surface area (Å²) in [5.41, 5.74) is 0.260.